The molecule has 7 nitrogen and oxygen atoms in total. The number of imidazole rings is 1. The van der Waals surface area contributed by atoms with E-state index in [0.717, 1.165) is 17.4 Å². The number of carbonyl (C=O) groups is 1. The van der Waals surface area contributed by atoms with Gasteiger partial charge in [-0.3, -0.25) is 4.79 Å². The Bertz CT molecular complexity index is 1700. The van der Waals surface area contributed by atoms with Crippen molar-refractivity contribution >= 4 is 17.3 Å². The third-order valence-electron chi connectivity index (χ3n) is 7.23. The highest BCUT2D eigenvalue weighted by atomic mass is 19.1. The maximum atomic E-state index is 16.7. The number of aldehydes is 1. The number of ether oxygens (including phenoxy) is 4. The van der Waals surface area contributed by atoms with Gasteiger partial charge in [0.15, 0.2) is 11.6 Å². The van der Waals surface area contributed by atoms with Gasteiger partial charge in [-0.1, -0.05) is 60.7 Å². The van der Waals surface area contributed by atoms with Crippen molar-refractivity contribution in [3.05, 3.63) is 107 Å². The molecule has 1 aliphatic rings. The molecule has 0 saturated carbocycles. The van der Waals surface area contributed by atoms with E-state index < -0.39 is 11.4 Å². The summed E-state index contributed by atoms with van der Waals surface area (Å²) in [5.41, 5.74) is 3.34. The molecule has 8 heteroatoms. The number of nitrogens with zero attached hydrogens (tertiary/aromatic N) is 2. The Kier molecular flexibility index (Phi) is 7.15. The molecule has 0 N–H and O–H groups in total. The van der Waals surface area contributed by atoms with Gasteiger partial charge in [0.1, 0.15) is 25.3 Å². The third kappa shape index (κ3) is 5.02. The third-order valence-corrected chi connectivity index (χ3v) is 7.23. The van der Waals surface area contributed by atoms with E-state index in [9.17, 15) is 4.79 Å². The highest BCUT2D eigenvalue weighted by Gasteiger charge is 2.40. The van der Waals surface area contributed by atoms with Gasteiger partial charge in [0.25, 0.3) is 0 Å². The van der Waals surface area contributed by atoms with Crippen LogP contribution in [0.15, 0.2) is 84.9 Å². The summed E-state index contributed by atoms with van der Waals surface area (Å²) in [5.74, 6) is 0.158. The molecular weight excluding hydrogens is 523 g/mol. The average molecular weight is 553 g/mol. The lowest BCUT2D eigenvalue weighted by Crippen LogP contribution is -2.49. The van der Waals surface area contributed by atoms with E-state index in [1.165, 1.54) is 7.11 Å². The molecule has 0 amide bonds. The number of hydrogen-bond donors (Lipinski definition) is 0. The zero-order valence-electron chi connectivity index (χ0n) is 22.8. The molecule has 0 bridgehead atoms. The quantitative estimate of drug-likeness (QED) is 0.183. The first-order valence-electron chi connectivity index (χ1n) is 13.3. The molecule has 2 heterocycles. The number of methoxy groups -OCH3 is 1. The second-order valence-corrected chi connectivity index (χ2v) is 10.3. The number of hydrogen-bond acceptors (Lipinski definition) is 6. The Morgan fingerprint density at radius 2 is 1.56 bits per heavy atom. The van der Waals surface area contributed by atoms with Crippen molar-refractivity contribution in [1.29, 1.82) is 0 Å². The first kappa shape index (κ1) is 26.5. The van der Waals surface area contributed by atoms with Crippen LogP contribution >= 0.6 is 0 Å². The van der Waals surface area contributed by atoms with Crippen molar-refractivity contribution in [2.75, 3.05) is 20.3 Å². The molecular formula is C33H29FN2O5. The molecule has 1 fully saturated rings. The van der Waals surface area contributed by atoms with Gasteiger partial charge in [0, 0.05) is 5.56 Å². The predicted molar refractivity (Wildman–Crippen MR) is 153 cm³/mol. The van der Waals surface area contributed by atoms with Crippen molar-refractivity contribution in [1.82, 2.24) is 9.55 Å². The molecule has 6 rings (SSSR count). The van der Waals surface area contributed by atoms with Crippen LogP contribution in [0.2, 0.25) is 0 Å². The maximum Gasteiger partial charge on any atom is 0.207 e. The van der Waals surface area contributed by atoms with Crippen molar-refractivity contribution in [3.8, 4) is 28.6 Å². The van der Waals surface area contributed by atoms with E-state index in [1.807, 2.05) is 72.2 Å². The van der Waals surface area contributed by atoms with E-state index in [2.05, 4.69) is 0 Å². The summed E-state index contributed by atoms with van der Waals surface area (Å²) in [5, 5.41) is 0. The van der Waals surface area contributed by atoms with Gasteiger partial charge in [0.05, 0.1) is 42.5 Å². The van der Waals surface area contributed by atoms with E-state index >= 15 is 4.39 Å². The van der Waals surface area contributed by atoms with Gasteiger partial charge in [0.2, 0.25) is 11.5 Å². The van der Waals surface area contributed by atoms with E-state index in [0.29, 0.717) is 41.4 Å². The number of rotatable bonds is 10. The second kappa shape index (κ2) is 11.1. The molecule has 0 aliphatic carbocycles. The fourth-order valence-electron chi connectivity index (χ4n) is 5.05. The van der Waals surface area contributed by atoms with Gasteiger partial charge in [-0.2, -0.15) is 0 Å². The number of aromatic nitrogens is 2. The first-order chi connectivity index (χ1) is 20.0. The molecule has 1 aromatic heterocycles. The number of fused-ring (bicyclic) bond motifs is 1. The fraction of sp³-hybridized carbons (Fsp3) is 0.212. The Morgan fingerprint density at radius 3 is 2.12 bits per heavy atom. The smallest absolute Gasteiger partial charge is 0.207 e. The Hall–Kier alpha value is -4.69. The number of carbonyl (C=O) groups excluding carboxylic acids is 1. The van der Waals surface area contributed by atoms with Crippen LogP contribution in [0.3, 0.4) is 0 Å². The lowest BCUT2D eigenvalue weighted by molar-refractivity contribution is -0.0868. The molecule has 0 atom stereocenters. The summed E-state index contributed by atoms with van der Waals surface area (Å²) in [7, 11) is 1.51. The minimum atomic E-state index is -0.624. The topological polar surface area (TPSA) is 71.8 Å². The summed E-state index contributed by atoms with van der Waals surface area (Å²) in [6, 6.07) is 25.9. The summed E-state index contributed by atoms with van der Waals surface area (Å²) >= 11 is 0. The monoisotopic (exact) mass is 552 g/mol. The van der Waals surface area contributed by atoms with Gasteiger partial charge in [-0.05, 0) is 42.3 Å². The van der Waals surface area contributed by atoms with Crippen LogP contribution in [0.5, 0.6) is 17.2 Å². The number of halogens is 1. The van der Waals surface area contributed by atoms with Crippen LogP contribution in [-0.2, 0) is 23.5 Å². The normalized spacial score (nSPS) is 13.9. The standard InChI is InChI=1S/C33H29FN2O5/c1-33(20-39-21-33)36-27-15-24(17-37)13-14-26(27)35-32(36)25-16-28(38-2)30(40-18-22-9-5-3-6-10-22)31(29(25)34)41-19-23-11-7-4-8-12-23/h3-17H,18-21H2,1-2H3. The van der Waals surface area contributed by atoms with Crippen LogP contribution in [0, 0.1) is 5.82 Å². The van der Waals surface area contributed by atoms with Crippen LogP contribution < -0.4 is 14.2 Å². The first-order valence-corrected chi connectivity index (χ1v) is 13.3. The Morgan fingerprint density at radius 1 is 0.927 bits per heavy atom. The highest BCUT2D eigenvalue weighted by molar-refractivity contribution is 5.88. The SMILES string of the molecule is COc1cc(-c2nc3ccc(C=O)cc3n2C2(C)COC2)c(F)c(OCc2ccccc2)c1OCc1ccccc1. The molecule has 41 heavy (non-hydrogen) atoms. The van der Waals surface area contributed by atoms with Crippen molar-refractivity contribution in [2.24, 2.45) is 0 Å². The predicted octanol–water partition coefficient (Wildman–Crippen LogP) is 6.57. The van der Waals surface area contributed by atoms with Crippen LogP contribution in [-0.4, -0.2) is 36.2 Å². The van der Waals surface area contributed by atoms with Crippen molar-refractivity contribution in [2.45, 2.75) is 25.7 Å². The van der Waals surface area contributed by atoms with Crippen LogP contribution in [0.1, 0.15) is 28.4 Å². The summed E-state index contributed by atoms with van der Waals surface area (Å²) in [4.78, 5) is 16.4. The highest BCUT2D eigenvalue weighted by Crippen LogP contribution is 2.47. The van der Waals surface area contributed by atoms with Gasteiger partial charge >= 0.3 is 0 Å². The second-order valence-electron chi connectivity index (χ2n) is 10.3. The molecule has 1 aliphatic heterocycles. The molecule has 4 aromatic carbocycles. The fourth-order valence-corrected chi connectivity index (χ4v) is 5.05. The molecule has 0 unspecified atom stereocenters. The van der Waals surface area contributed by atoms with Crippen LogP contribution in [0.25, 0.3) is 22.4 Å². The largest absolute Gasteiger partial charge is 0.493 e. The lowest BCUT2D eigenvalue weighted by atomic mass is 9.98. The molecule has 208 valence electrons. The zero-order chi connectivity index (χ0) is 28.4. The Labute approximate surface area is 237 Å². The summed E-state index contributed by atoms with van der Waals surface area (Å²) in [6.07, 6.45) is 0.786. The molecule has 1 saturated heterocycles. The molecule has 0 spiro atoms. The summed E-state index contributed by atoms with van der Waals surface area (Å²) in [6.45, 7) is 3.18. The van der Waals surface area contributed by atoms with Gasteiger partial charge in [-0.25, -0.2) is 9.37 Å². The van der Waals surface area contributed by atoms with Gasteiger partial charge < -0.3 is 23.5 Å². The Balaban J connectivity index is 1.52. The van der Waals surface area contributed by atoms with Gasteiger partial charge in [-0.15, -0.1) is 0 Å². The lowest BCUT2D eigenvalue weighted by Gasteiger charge is -2.40. The average Bonchev–Trinajstić information content (AvgIpc) is 3.38. The minimum Gasteiger partial charge on any atom is -0.493 e. The molecule has 5 aromatic rings. The van der Waals surface area contributed by atoms with E-state index in [-0.39, 0.29) is 30.3 Å². The van der Waals surface area contributed by atoms with E-state index in [4.69, 9.17) is 23.9 Å². The van der Waals surface area contributed by atoms with Crippen molar-refractivity contribution < 1.29 is 28.1 Å². The maximum absolute atomic E-state index is 16.7. The van der Waals surface area contributed by atoms with Crippen LogP contribution in [0.4, 0.5) is 4.39 Å². The van der Waals surface area contributed by atoms with Crippen molar-refractivity contribution in [3.63, 3.8) is 0 Å². The minimum absolute atomic E-state index is 0.0682. The number of benzene rings is 4. The van der Waals surface area contributed by atoms with E-state index in [1.54, 1.807) is 24.3 Å². The molecule has 0 radical (unpaired) electrons. The zero-order valence-corrected chi connectivity index (χ0v) is 22.8. The summed E-state index contributed by atoms with van der Waals surface area (Å²) < 4.78 is 42.3.